The summed E-state index contributed by atoms with van der Waals surface area (Å²) in [6.07, 6.45) is 21.3. The molecular formula is C33H45ClF2. The molecule has 0 aliphatic heterocycles. The van der Waals surface area contributed by atoms with Gasteiger partial charge in [-0.2, -0.15) is 0 Å². The predicted octanol–water partition coefficient (Wildman–Crippen LogP) is 10.8. The summed E-state index contributed by atoms with van der Waals surface area (Å²) in [4.78, 5) is 0. The highest BCUT2D eigenvalue weighted by Crippen LogP contribution is 2.40. The lowest BCUT2D eigenvalue weighted by Gasteiger charge is -2.32. The standard InChI is InChI=1S/C33H45ClF2/c1-2-3-4-5-24-6-8-25(9-7-24)10-11-26-14-18-29(19-15-26)30-20-16-27(17-21-30)12-13-28-22-31(35)33(34)32(36)23-28/h16-17,20-26,29H,2-15,18-19H2,1H3/t24-,25-,26?,29?. The van der Waals surface area contributed by atoms with E-state index >= 15 is 0 Å². The van der Waals surface area contributed by atoms with E-state index in [1.54, 1.807) is 0 Å². The molecule has 2 aromatic rings. The van der Waals surface area contributed by atoms with Crippen molar-refractivity contribution in [1.82, 2.24) is 0 Å². The van der Waals surface area contributed by atoms with Crippen LogP contribution in [0.3, 0.4) is 0 Å². The van der Waals surface area contributed by atoms with Crippen molar-refractivity contribution in [3.63, 3.8) is 0 Å². The van der Waals surface area contributed by atoms with Crippen LogP contribution < -0.4 is 0 Å². The van der Waals surface area contributed by atoms with E-state index in [4.69, 9.17) is 11.6 Å². The zero-order valence-corrected chi connectivity index (χ0v) is 23.0. The Morgan fingerprint density at radius 2 is 1.17 bits per heavy atom. The van der Waals surface area contributed by atoms with Gasteiger partial charge in [-0.15, -0.1) is 0 Å². The molecular weight excluding hydrogens is 470 g/mol. The number of benzene rings is 2. The second-order valence-corrected chi connectivity index (χ2v) is 12.2. The lowest BCUT2D eigenvalue weighted by atomic mass is 9.74. The molecule has 0 radical (unpaired) electrons. The van der Waals surface area contributed by atoms with E-state index in [2.05, 4.69) is 31.2 Å². The molecule has 0 heterocycles. The Morgan fingerprint density at radius 3 is 1.72 bits per heavy atom. The number of rotatable bonds is 11. The van der Waals surface area contributed by atoms with Gasteiger partial charge in [0.05, 0.1) is 0 Å². The molecule has 0 N–H and O–H groups in total. The molecule has 0 aromatic heterocycles. The third-order valence-electron chi connectivity index (χ3n) is 9.21. The maximum Gasteiger partial charge on any atom is 0.145 e. The monoisotopic (exact) mass is 514 g/mol. The van der Waals surface area contributed by atoms with Gasteiger partial charge in [-0.05, 0) is 91.0 Å². The van der Waals surface area contributed by atoms with Crippen molar-refractivity contribution in [3.05, 3.63) is 69.7 Å². The van der Waals surface area contributed by atoms with Crippen molar-refractivity contribution < 1.29 is 8.78 Å². The van der Waals surface area contributed by atoms with Crippen LogP contribution in [0.15, 0.2) is 36.4 Å². The van der Waals surface area contributed by atoms with Gasteiger partial charge in [-0.3, -0.25) is 0 Å². The van der Waals surface area contributed by atoms with Crippen LogP contribution in [0.25, 0.3) is 0 Å². The molecule has 2 aromatic carbocycles. The van der Waals surface area contributed by atoms with Gasteiger partial charge in [-0.1, -0.05) is 107 Å². The number of hydrogen-bond donors (Lipinski definition) is 0. The summed E-state index contributed by atoms with van der Waals surface area (Å²) in [5.74, 6) is 2.29. The summed E-state index contributed by atoms with van der Waals surface area (Å²) < 4.78 is 27.4. The average molecular weight is 515 g/mol. The molecule has 2 fully saturated rings. The lowest BCUT2D eigenvalue weighted by molar-refractivity contribution is 0.222. The van der Waals surface area contributed by atoms with E-state index in [9.17, 15) is 8.78 Å². The van der Waals surface area contributed by atoms with Crippen molar-refractivity contribution >= 4 is 11.6 Å². The van der Waals surface area contributed by atoms with Gasteiger partial charge in [0.2, 0.25) is 0 Å². The molecule has 36 heavy (non-hydrogen) atoms. The van der Waals surface area contributed by atoms with E-state index in [1.165, 1.54) is 113 Å². The normalized spacial score (nSPS) is 24.7. The first-order valence-electron chi connectivity index (χ1n) is 14.7. The van der Waals surface area contributed by atoms with Crippen LogP contribution in [0.1, 0.15) is 119 Å². The summed E-state index contributed by atoms with van der Waals surface area (Å²) >= 11 is 5.59. The topological polar surface area (TPSA) is 0 Å². The van der Waals surface area contributed by atoms with Crippen LogP contribution in [0.2, 0.25) is 5.02 Å². The first kappa shape index (κ1) is 27.6. The smallest absolute Gasteiger partial charge is 0.145 e. The van der Waals surface area contributed by atoms with E-state index < -0.39 is 16.7 Å². The van der Waals surface area contributed by atoms with Crippen LogP contribution >= 0.6 is 11.6 Å². The Bertz CT molecular complexity index is 898. The SMILES string of the molecule is CCCCC[C@H]1CC[C@H](CCC2CCC(c3ccc(CCc4cc(F)c(Cl)c(F)c4)cc3)CC2)CC1. The minimum atomic E-state index is -0.678. The summed E-state index contributed by atoms with van der Waals surface area (Å²) in [5.41, 5.74) is 3.32. The van der Waals surface area contributed by atoms with Crippen LogP contribution in [0.5, 0.6) is 0 Å². The van der Waals surface area contributed by atoms with Gasteiger partial charge >= 0.3 is 0 Å². The molecule has 0 saturated heterocycles. The maximum absolute atomic E-state index is 13.7. The minimum Gasteiger partial charge on any atom is -0.205 e. The first-order chi connectivity index (χ1) is 17.5. The van der Waals surface area contributed by atoms with Crippen molar-refractivity contribution in [2.24, 2.45) is 17.8 Å². The fraction of sp³-hybridized carbons (Fsp3) is 0.636. The van der Waals surface area contributed by atoms with Gasteiger partial charge in [0.25, 0.3) is 0 Å². The Labute approximate surface area is 223 Å². The zero-order chi connectivity index (χ0) is 25.3. The highest BCUT2D eigenvalue weighted by molar-refractivity contribution is 6.30. The van der Waals surface area contributed by atoms with E-state index in [0.717, 1.165) is 24.2 Å². The minimum absolute atomic E-state index is 0.418. The van der Waals surface area contributed by atoms with Crippen molar-refractivity contribution in [2.75, 3.05) is 0 Å². The Kier molecular flexibility index (Phi) is 10.7. The van der Waals surface area contributed by atoms with Gasteiger partial charge in [0.1, 0.15) is 16.7 Å². The fourth-order valence-corrected chi connectivity index (χ4v) is 6.85. The number of unbranched alkanes of at least 4 members (excludes halogenated alkanes) is 2. The van der Waals surface area contributed by atoms with Gasteiger partial charge < -0.3 is 0 Å². The molecule has 2 saturated carbocycles. The van der Waals surface area contributed by atoms with Crippen molar-refractivity contribution in [2.45, 2.75) is 116 Å². The summed E-state index contributed by atoms with van der Waals surface area (Å²) in [5, 5.41) is -0.418. The Hall–Kier alpha value is -1.41. The summed E-state index contributed by atoms with van der Waals surface area (Å²) in [6.45, 7) is 2.31. The Balaban J connectivity index is 1.14. The molecule has 0 amide bonds. The molecule has 3 heteroatoms. The second-order valence-electron chi connectivity index (χ2n) is 11.8. The molecule has 2 aliphatic rings. The highest BCUT2D eigenvalue weighted by atomic mass is 35.5. The summed E-state index contributed by atoms with van der Waals surface area (Å²) in [6, 6.07) is 11.6. The Morgan fingerprint density at radius 1 is 0.667 bits per heavy atom. The third-order valence-corrected chi connectivity index (χ3v) is 9.57. The van der Waals surface area contributed by atoms with E-state index in [0.29, 0.717) is 17.9 Å². The number of hydrogen-bond acceptors (Lipinski definition) is 0. The predicted molar refractivity (Wildman–Crippen MR) is 149 cm³/mol. The zero-order valence-electron chi connectivity index (χ0n) is 22.2. The van der Waals surface area contributed by atoms with Gasteiger partial charge in [-0.25, -0.2) is 8.78 Å². The van der Waals surface area contributed by atoms with Gasteiger partial charge in [0, 0.05) is 0 Å². The molecule has 0 bridgehead atoms. The first-order valence-corrected chi connectivity index (χ1v) is 15.1. The quantitative estimate of drug-likeness (QED) is 0.206. The molecule has 2 aliphatic carbocycles. The second kappa shape index (κ2) is 13.9. The lowest BCUT2D eigenvalue weighted by Crippen LogP contribution is -2.17. The highest BCUT2D eigenvalue weighted by Gasteiger charge is 2.25. The van der Waals surface area contributed by atoms with Gasteiger partial charge in [0.15, 0.2) is 0 Å². The van der Waals surface area contributed by atoms with Crippen LogP contribution in [0.4, 0.5) is 8.78 Å². The molecule has 0 unspecified atom stereocenters. The van der Waals surface area contributed by atoms with Crippen LogP contribution in [-0.4, -0.2) is 0 Å². The van der Waals surface area contributed by atoms with Crippen LogP contribution in [-0.2, 0) is 12.8 Å². The van der Waals surface area contributed by atoms with Crippen molar-refractivity contribution in [1.29, 1.82) is 0 Å². The molecule has 0 atom stereocenters. The maximum atomic E-state index is 13.7. The fourth-order valence-electron chi connectivity index (χ4n) is 6.75. The molecule has 0 spiro atoms. The van der Waals surface area contributed by atoms with Crippen molar-refractivity contribution in [3.8, 4) is 0 Å². The molecule has 0 nitrogen and oxygen atoms in total. The summed E-state index contributed by atoms with van der Waals surface area (Å²) in [7, 11) is 0. The number of aryl methyl sites for hydroxylation is 2. The largest absolute Gasteiger partial charge is 0.205 e. The average Bonchev–Trinajstić information content (AvgIpc) is 2.91. The molecule has 4 rings (SSSR count). The molecule has 198 valence electrons. The third kappa shape index (κ3) is 8.04. The van der Waals surface area contributed by atoms with Crippen LogP contribution in [0, 0.1) is 29.4 Å². The van der Waals surface area contributed by atoms with E-state index in [1.807, 2.05) is 0 Å². The van der Waals surface area contributed by atoms with E-state index in [-0.39, 0.29) is 0 Å². The number of halogens is 3.